The van der Waals surface area contributed by atoms with Gasteiger partial charge >= 0.3 is 0 Å². The molecule has 4 aromatic rings. The molecule has 0 atom stereocenters. The average molecular weight is 349 g/mol. The zero-order valence-electron chi connectivity index (χ0n) is 13.5. The van der Waals surface area contributed by atoms with Crippen LogP contribution >= 0.6 is 11.3 Å². The maximum Gasteiger partial charge on any atom is 0.226 e. The highest BCUT2D eigenvalue weighted by Gasteiger charge is 2.09. The summed E-state index contributed by atoms with van der Waals surface area (Å²) in [5, 5.41) is 13.0. The number of nitrogens with one attached hydrogen (secondary N) is 1. The highest BCUT2D eigenvalue weighted by atomic mass is 32.1. The summed E-state index contributed by atoms with van der Waals surface area (Å²) in [5.74, 6) is 0.614. The fourth-order valence-corrected chi connectivity index (χ4v) is 2.99. The van der Waals surface area contributed by atoms with E-state index >= 15 is 0 Å². The lowest BCUT2D eigenvalue weighted by Gasteiger charge is -1.97. The fraction of sp³-hybridized carbons (Fsp3) is 0.111. The minimum absolute atomic E-state index is 0.520. The third-order valence-electron chi connectivity index (χ3n) is 3.58. The summed E-state index contributed by atoms with van der Waals surface area (Å²) in [6.07, 6.45) is 3.40. The van der Waals surface area contributed by atoms with E-state index in [9.17, 15) is 0 Å². The Morgan fingerprint density at radius 3 is 2.76 bits per heavy atom. The van der Waals surface area contributed by atoms with Crippen LogP contribution in [-0.2, 0) is 6.54 Å². The van der Waals surface area contributed by atoms with Gasteiger partial charge in [0.25, 0.3) is 0 Å². The highest BCUT2D eigenvalue weighted by Crippen LogP contribution is 2.25. The number of aryl methyl sites for hydroxylation is 1. The molecular formula is C18H15N5OS. The van der Waals surface area contributed by atoms with Crippen LogP contribution in [-0.4, -0.2) is 20.2 Å². The van der Waals surface area contributed by atoms with Gasteiger partial charge < -0.3 is 9.73 Å². The van der Waals surface area contributed by atoms with Crippen LogP contribution in [0.3, 0.4) is 0 Å². The molecule has 0 saturated heterocycles. The largest absolute Gasteiger partial charge is 0.444 e. The lowest BCUT2D eigenvalue weighted by Crippen LogP contribution is -1.99. The van der Waals surface area contributed by atoms with E-state index in [1.165, 1.54) is 16.9 Å². The first-order valence-corrected chi connectivity index (χ1v) is 8.60. The normalized spacial score (nSPS) is 10.8. The van der Waals surface area contributed by atoms with Crippen LogP contribution in [0.25, 0.3) is 22.2 Å². The lowest BCUT2D eigenvalue weighted by molar-refractivity contribution is 0.573. The van der Waals surface area contributed by atoms with Gasteiger partial charge in [0.05, 0.1) is 12.2 Å². The molecule has 3 aromatic heterocycles. The molecule has 0 amide bonds. The van der Waals surface area contributed by atoms with Crippen molar-refractivity contribution in [3.8, 4) is 22.2 Å². The van der Waals surface area contributed by atoms with Crippen LogP contribution in [0.1, 0.15) is 11.3 Å². The first-order chi connectivity index (χ1) is 12.3. The molecule has 0 aliphatic rings. The number of anilines is 1. The van der Waals surface area contributed by atoms with Gasteiger partial charge in [0, 0.05) is 11.8 Å². The smallest absolute Gasteiger partial charge is 0.226 e. The topological polar surface area (TPSA) is 76.7 Å². The van der Waals surface area contributed by atoms with E-state index in [1.54, 1.807) is 12.5 Å². The van der Waals surface area contributed by atoms with E-state index < -0.39 is 0 Å². The van der Waals surface area contributed by atoms with Gasteiger partial charge in [-0.15, -0.1) is 10.2 Å². The van der Waals surface area contributed by atoms with E-state index in [0.717, 1.165) is 27.1 Å². The van der Waals surface area contributed by atoms with Crippen LogP contribution in [0.15, 0.2) is 59.3 Å². The molecule has 3 heterocycles. The number of oxazole rings is 1. The molecule has 0 aliphatic carbocycles. The Morgan fingerprint density at radius 2 is 1.96 bits per heavy atom. The maximum atomic E-state index is 5.56. The van der Waals surface area contributed by atoms with Crippen molar-refractivity contribution in [3.05, 3.63) is 66.2 Å². The van der Waals surface area contributed by atoms with Gasteiger partial charge in [-0.2, -0.15) is 0 Å². The Bertz CT molecular complexity index is 963. The first-order valence-electron chi connectivity index (χ1n) is 7.78. The Hall–Kier alpha value is -3.06. The number of rotatable bonds is 5. The second-order valence-electron chi connectivity index (χ2n) is 5.49. The first kappa shape index (κ1) is 15.5. The quantitative estimate of drug-likeness (QED) is 0.582. The number of benzene rings is 1. The van der Waals surface area contributed by atoms with Crippen molar-refractivity contribution in [1.82, 2.24) is 20.2 Å². The molecule has 0 aliphatic heterocycles. The Labute approximate surface area is 148 Å². The van der Waals surface area contributed by atoms with Gasteiger partial charge in [-0.25, -0.2) is 4.98 Å². The van der Waals surface area contributed by atoms with Crippen molar-refractivity contribution in [1.29, 1.82) is 0 Å². The zero-order valence-corrected chi connectivity index (χ0v) is 14.3. The van der Waals surface area contributed by atoms with Crippen molar-refractivity contribution < 1.29 is 4.42 Å². The Kier molecular flexibility index (Phi) is 4.22. The van der Waals surface area contributed by atoms with E-state index in [1.807, 2.05) is 42.5 Å². The standard InChI is InChI=1S/C18H15N5OS/c1-12-5-7-13(8-6-12)16-21-14(11-24-16)10-20-18-23-22-17(25-18)15-4-2-3-9-19-15/h2-9,11H,10H2,1H3,(H,20,23). The van der Waals surface area contributed by atoms with Gasteiger partial charge in [-0.05, 0) is 31.2 Å². The van der Waals surface area contributed by atoms with Crippen molar-refractivity contribution in [2.24, 2.45) is 0 Å². The van der Waals surface area contributed by atoms with Crippen molar-refractivity contribution in [2.45, 2.75) is 13.5 Å². The van der Waals surface area contributed by atoms with Gasteiger partial charge in [-0.1, -0.05) is 35.1 Å². The summed E-state index contributed by atoms with van der Waals surface area (Å²) in [6.45, 7) is 2.57. The Morgan fingerprint density at radius 1 is 1.08 bits per heavy atom. The summed E-state index contributed by atoms with van der Waals surface area (Å²) in [7, 11) is 0. The van der Waals surface area contributed by atoms with Gasteiger partial charge in [0.15, 0.2) is 5.01 Å². The van der Waals surface area contributed by atoms with E-state index in [4.69, 9.17) is 4.42 Å². The van der Waals surface area contributed by atoms with E-state index in [0.29, 0.717) is 12.4 Å². The number of hydrogen-bond acceptors (Lipinski definition) is 7. The zero-order chi connectivity index (χ0) is 17.1. The molecule has 0 bridgehead atoms. The lowest BCUT2D eigenvalue weighted by atomic mass is 10.1. The fourth-order valence-electron chi connectivity index (χ4n) is 2.27. The van der Waals surface area contributed by atoms with E-state index in [-0.39, 0.29) is 0 Å². The minimum atomic E-state index is 0.520. The predicted molar refractivity (Wildman–Crippen MR) is 97.1 cm³/mol. The molecule has 0 fully saturated rings. The Balaban J connectivity index is 1.42. The third kappa shape index (κ3) is 3.56. The summed E-state index contributed by atoms with van der Waals surface area (Å²) in [5.41, 5.74) is 3.80. The summed E-state index contributed by atoms with van der Waals surface area (Å²) in [6, 6.07) is 13.8. The molecule has 124 valence electrons. The number of aromatic nitrogens is 4. The summed E-state index contributed by atoms with van der Waals surface area (Å²) >= 11 is 1.46. The molecule has 0 unspecified atom stereocenters. The molecule has 6 nitrogen and oxygen atoms in total. The number of hydrogen-bond donors (Lipinski definition) is 1. The minimum Gasteiger partial charge on any atom is -0.444 e. The average Bonchev–Trinajstić information content (AvgIpc) is 3.31. The van der Waals surface area contributed by atoms with Gasteiger partial charge in [0.2, 0.25) is 11.0 Å². The van der Waals surface area contributed by atoms with Gasteiger partial charge in [-0.3, -0.25) is 4.98 Å². The highest BCUT2D eigenvalue weighted by molar-refractivity contribution is 7.18. The molecule has 0 radical (unpaired) electrons. The van der Waals surface area contributed by atoms with Crippen molar-refractivity contribution in [2.75, 3.05) is 5.32 Å². The third-order valence-corrected chi connectivity index (χ3v) is 4.48. The summed E-state index contributed by atoms with van der Waals surface area (Å²) in [4.78, 5) is 8.78. The van der Waals surface area contributed by atoms with Crippen LogP contribution in [0.2, 0.25) is 0 Å². The van der Waals surface area contributed by atoms with Crippen LogP contribution < -0.4 is 5.32 Å². The van der Waals surface area contributed by atoms with Gasteiger partial charge in [0.1, 0.15) is 12.0 Å². The van der Waals surface area contributed by atoms with Crippen molar-refractivity contribution in [3.63, 3.8) is 0 Å². The second kappa shape index (κ2) is 6.82. The monoisotopic (exact) mass is 349 g/mol. The van der Waals surface area contributed by atoms with Crippen LogP contribution in [0.5, 0.6) is 0 Å². The second-order valence-corrected chi connectivity index (χ2v) is 6.47. The van der Waals surface area contributed by atoms with E-state index in [2.05, 4.69) is 32.4 Å². The molecule has 25 heavy (non-hydrogen) atoms. The molecular weight excluding hydrogens is 334 g/mol. The number of pyridine rings is 1. The SMILES string of the molecule is Cc1ccc(-c2nc(CNc3nnc(-c4ccccn4)s3)co2)cc1. The summed E-state index contributed by atoms with van der Waals surface area (Å²) < 4.78 is 5.56. The molecule has 1 aromatic carbocycles. The predicted octanol–water partition coefficient (Wildman–Crippen LogP) is 4.18. The number of nitrogens with zero attached hydrogens (tertiary/aromatic N) is 4. The molecule has 0 spiro atoms. The molecule has 7 heteroatoms. The maximum absolute atomic E-state index is 5.56. The molecule has 0 saturated carbocycles. The molecule has 4 rings (SSSR count). The van der Waals surface area contributed by atoms with Crippen LogP contribution in [0, 0.1) is 6.92 Å². The molecule has 1 N–H and O–H groups in total. The van der Waals surface area contributed by atoms with Crippen LogP contribution in [0.4, 0.5) is 5.13 Å². The van der Waals surface area contributed by atoms with Crippen molar-refractivity contribution >= 4 is 16.5 Å².